The molecule has 0 heterocycles. The summed E-state index contributed by atoms with van der Waals surface area (Å²) in [5.41, 5.74) is 2.49. The summed E-state index contributed by atoms with van der Waals surface area (Å²) in [5, 5.41) is 9.36. The van der Waals surface area contributed by atoms with Crippen molar-refractivity contribution < 1.29 is 14.6 Å². The van der Waals surface area contributed by atoms with Crippen LogP contribution in [0.15, 0.2) is 41.3 Å². The van der Waals surface area contributed by atoms with Crippen molar-refractivity contribution in [3.8, 4) is 11.5 Å². The molecule has 4 heteroatoms. The van der Waals surface area contributed by atoms with E-state index in [4.69, 9.17) is 4.74 Å². The molecule has 3 nitrogen and oxygen atoms in total. The van der Waals surface area contributed by atoms with Crippen LogP contribution in [0, 0.1) is 13.8 Å². The van der Waals surface area contributed by atoms with E-state index in [0.717, 1.165) is 5.56 Å². The van der Waals surface area contributed by atoms with Crippen LogP contribution in [0.1, 0.15) is 21.5 Å². The lowest BCUT2D eigenvalue weighted by Gasteiger charge is -2.12. The molecule has 1 N–H and O–H groups in total. The highest BCUT2D eigenvalue weighted by Crippen LogP contribution is 2.32. The minimum atomic E-state index is -0.978. The third-order valence-electron chi connectivity index (χ3n) is 3.13. The predicted octanol–water partition coefficient (Wildman–Crippen LogP) is 4.52. The van der Waals surface area contributed by atoms with Gasteiger partial charge in [0.25, 0.3) is 0 Å². The summed E-state index contributed by atoms with van der Waals surface area (Å²) >= 11 is 1.39. The number of ether oxygens (including phenoxy) is 1. The molecule has 0 aliphatic carbocycles. The van der Waals surface area contributed by atoms with Crippen LogP contribution < -0.4 is 4.74 Å². The molecule has 0 amide bonds. The van der Waals surface area contributed by atoms with Gasteiger partial charge in [-0.2, -0.15) is 0 Å². The fourth-order valence-electron chi connectivity index (χ4n) is 1.88. The van der Waals surface area contributed by atoms with Crippen LogP contribution in [0.5, 0.6) is 11.5 Å². The van der Waals surface area contributed by atoms with Crippen LogP contribution in [0.25, 0.3) is 0 Å². The van der Waals surface area contributed by atoms with Crippen LogP contribution in [0.2, 0.25) is 0 Å². The van der Waals surface area contributed by atoms with Crippen LogP contribution in [0.3, 0.4) is 0 Å². The third-order valence-corrected chi connectivity index (χ3v) is 3.91. The first kappa shape index (κ1) is 14.5. The Morgan fingerprint density at radius 1 is 1.15 bits per heavy atom. The van der Waals surface area contributed by atoms with Gasteiger partial charge in [-0.1, -0.05) is 12.1 Å². The lowest BCUT2D eigenvalue weighted by atomic mass is 10.1. The molecule has 0 radical (unpaired) electrons. The van der Waals surface area contributed by atoms with Crippen LogP contribution in [-0.4, -0.2) is 17.3 Å². The SMILES string of the molecule is CSc1cccc(Oc2ccc(C)c(C)c2)c1C(=O)O. The molecule has 0 unspecified atom stereocenters. The van der Waals surface area contributed by atoms with Gasteiger partial charge in [-0.15, -0.1) is 11.8 Å². The van der Waals surface area contributed by atoms with Gasteiger partial charge < -0.3 is 9.84 Å². The zero-order valence-corrected chi connectivity index (χ0v) is 12.5. The fourth-order valence-corrected chi connectivity index (χ4v) is 2.49. The maximum atomic E-state index is 11.4. The molecule has 0 aliphatic heterocycles. The van der Waals surface area contributed by atoms with E-state index < -0.39 is 5.97 Å². The van der Waals surface area contributed by atoms with E-state index in [1.54, 1.807) is 18.2 Å². The Morgan fingerprint density at radius 3 is 2.50 bits per heavy atom. The Bertz CT molecular complexity index is 650. The quantitative estimate of drug-likeness (QED) is 0.840. The molecule has 2 aromatic rings. The Morgan fingerprint density at radius 2 is 1.90 bits per heavy atom. The molecule has 0 aliphatic rings. The second kappa shape index (κ2) is 6.01. The smallest absolute Gasteiger partial charge is 0.340 e. The summed E-state index contributed by atoms with van der Waals surface area (Å²) in [4.78, 5) is 12.1. The number of thioether (sulfide) groups is 1. The molecule has 0 spiro atoms. The van der Waals surface area contributed by atoms with Crippen molar-refractivity contribution in [2.75, 3.05) is 6.26 Å². The molecule has 2 rings (SSSR count). The molecule has 0 saturated heterocycles. The molecule has 0 fully saturated rings. The highest BCUT2D eigenvalue weighted by atomic mass is 32.2. The molecule has 0 atom stereocenters. The predicted molar refractivity (Wildman–Crippen MR) is 81.2 cm³/mol. The van der Waals surface area contributed by atoms with Crippen molar-refractivity contribution in [2.24, 2.45) is 0 Å². The monoisotopic (exact) mass is 288 g/mol. The Balaban J connectivity index is 2.42. The molecular weight excluding hydrogens is 272 g/mol. The summed E-state index contributed by atoms with van der Waals surface area (Å²) in [7, 11) is 0. The number of hydrogen-bond donors (Lipinski definition) is 1. The first-order valence-corrected chi connectivity index (χ1v) is 7.41. The highest BCUT2D eigenvalue weighted by Gasteiger charge is 2.16. The summed E-state index contributed by atoms with van der Waals surface area (Å²) in [6, 6.07) is 11.0. The average Bonchev–Trinajstić information content (AvgIpc) is 2.42. The summed E-state index contributed by atoms with van der Waals surface area (Å²) < 4.78 is 5.75. The number of carboxylic acid groups (broad SMARTS) is 1. The standard InChI is InChI=1S/C16H16O3S/c1-10-7-8-12(9-11(10)2)19-13-5-4-6-14(20-3)15(13)16(17)18/h4-9H,1-3H3,(H,17,18). The second-order valence-electron chi connectivity index (χ2n) is 4.49. The topological polar surface area (TPSA) is 46.5 Å². The van der Waals surface area contributed by atoms with Crippen molar-refractivity contribution in [3.63, 3.8) is 0 Å². The van der Waals surface area contributed by atoms with Crippen LogP contribution in [-0.2, 0) is 0 Å². The van der Waals surface area contributed by atoms with Crippen molar-refractivity contribution in [2.45, 2.75) is 18.7 Å². The minimum absolute atomic E-state index is 0.207. The average molecular weight is 288 g/mol. The molecule has 0 bridgehead atoms. The van der Waals surface area contributed by atoms with Crippen LogP contribution >= 0.6 is 11.8 Å². The maximum absolute atomic E-state index is 11.4. The lowest BCUT2D eigenvalue weighted by molar-refractivity contribution is 0.0690. The normalized spacial score (nSPS) is 10.3. The minimum Gasteiger partial charge on any atom is -0.478 e. The van der Waals surface area contributed by atoms with Gasteiger partial charge in [-0.25, -0.2) is 4.79 Å². The summed E-state index contributed by atoms with van der Waals surface area (Å²) in [6.45, 7) is 4.02. The van der Waals surface area contributed by atoms with Gasteiger partial charge in [0.15, 0.2) is 0 Å². The molecular formula is C16H16O3S. The van der Waals surface area contributed by atoms with E-state index in [0.29, 0.717) is 16.4 Å². The molecule has 20 heavy (non-hydrogen) atoms. The van der Waals surface area contributed by atoms with E-state index in [-0.39, 0.29) is 5.56 Å². The Hall–Kier alpha value is -1.94. The summed E-state index contributed by atoms with van der Waals surface area (Å²) in [6.07, 6.45) is 1.85. The lowest BCUT2D eigenvalue weighted by Crippen LogP contribution is -2.02. The maximum Gasteiger partial charge on any atom is 0.340 e. The second-order valence-corrected chi connectivity index (χ2v) is 5.33. The van der Waals surface area contributed by atoms with E-state index in [2.05, 4.69) is 0 Å². The van der Waals surface area contributed by atoms with Crippen molar-refractivity contribution in [1.29, 1.82) is 0 Å². The third kappa shape index (κ3) is 2.96. The number of rotatable bonds is 4. The van der Waals surface area contributed by atoms with Gasteiger partial charge in [0.2, 0.25) is 0 Å². The van der Waals surface area contributed by atoms with Crippen molar-refractivity contribution >= 4 is 17.7 Å². The number of carboxylic acids is 1. The largest absolute Gasteiger partial charge is 0.478 e. The van der Waals surface area contributed by atoms with Gasteiger partial charge in [0.1, 0.15) is 17.1 Å². The van der Waals surface area contributed by atoms with E-state index >= 15 is 0 Å². The van der Waals surface area contributed by atoms with Crippen molar-refractivity contribution in [1.82, 2.24) is 0 Å². The number of carbonyl (C=O) groups is 1. The zero-order valence-electron chi connectivity index (χ0n) is 11.6. The van der Waals surface area contributed by atoms with Gasteiger partial charge in [-0.3, -0.25) is 0 Å². The molecule has 2 aromatic carbocycles. The number of aryl methyl sites for hydroxylation is 2. The van der Waals surface area contributed by atoms with Gasteiger partial charge in [0, 0.05) is 4.90 Å². The first-order chi connectivity index (χ1) is 9.52. The molecule has 104 valence electrons. The Kier molecular flexibility index (Phi) is 4.35. The van der Waals surface area contributed by atoms with Crippen LogP contribution in [0.4, 0.5) is 0 Å². The van der Waals surface area contributed by atoms with Gasteiger partial charge in [-0.05, 0) is 55.5 Å². The molecule has 0 aromatic heterocycles. The number of benzene rings is 2. The van der Waals surface area contributed by atoms with Crippen molar-refractivity contribution in [3.05, 3.63) is 53.1 Å². The zero-order chi connectivity index (χ0) is 14.7. The molecule has 0 saturated carbocycles. The first-order valence-electron chi connectivity index (χ1n) is 6.18. The Labute approximate surface area is 122 Å². The fraction of sp³-hybridized carbons (Fsp3) is 0.188. The van der Waals surface area contributed by atoms with E-state index in [9.17, 15) is 9.90 Å². The van der Waals surface area contributed by atoms with Gasteiger partial charge in [0.05, 0.1) is 0 Å². The number of hydrogen-bond acceptors (Lipinski definition) is 3. The number of aromatic carboxylic acids is 1. The van der Waals surface area contributed by atoms with E-state index in [1.165, 1.54) is 17.3 Å². The van der Waals surface area contributed by atoms with Gasteiger partial charge >= 0.3 is 5.97 Å². The van der Waals surface area contributed by atoms with E-state index in [1.807, 2.05) is 38.3 Å². The summed E-state index contributed by atoms with van der Waals surface area (Å²) in [5.74, 6) is 0.0373. The highest BCUT2D eigenvalue weighted by molar-refractivity contribution is 7.98.